The van der Waals surface area contributed by atoms with E-state index in [1.165, 1.54) is 18.2 Å². The predicted molar refractivity (Wildman–Crippen MR) is 79.3 cm³/mol. The van der Waals surface area contributed by atoms with Crippen molar-refractivity contribution < 1.29 is 9.31 Å². The van der Waals surface area contributed by atoms with Crippen LogP contribution in [-0.4, -0.2) is 4.92 Å². The highest BCUT2D eigenvalue weighted by Crippen LogP contribution is 2.24. The van der Waals surface area contributed by atoms with Crippen LogP contribution in [0.15, 0.2) is 40.9 Å². The first-order chi connectivity index (χ1) is 9.47. The molecular weight excluding hydrogens is 327 g/mol. The Kier molecular flexibility index (Phi) is 4.34. The molecule has 0 atom stereocenters. The fraction of sp³-hybridized carbons (Fsp3) is 0.143. The van der Waals surface area contributed by atoms with Crippen LogP contribution in [0.4, 0.5) is 15.8 Å². The van der Waals surface area contributed by atoms with Gasteiger partial charge in [-0.15, -0.1) is 0 Å². The molecule has 0 aliphatic rings. The quantitative estimate of drug-likeness (QED) is 0.663. The Balaban J connectivity index is 2.10. The summed E-state index contributed by atoms with van der Waals surface area (Å²) >= 11 is 3.30. The van der Waals surface area contributed by atoms with E-state index in [9.17, 15) is 14.5 Å². The molecular formula is C14H12BrFN2O2. The van der Waals surface area contributed by atoms with Gasteiger partial charge in [-0.1, -0.05) is 22.0 Å². The van der Waals surface area contributed by atoms with E-state index in [-0.39, 0.29) is 11.5 Å². The number of benzene rings is 2. The van der Waals surface area contributed by atoms with Crippen molar-refractivity contribution in [3.63, 3.8) is 0 Å². The number of nitro groups is 1. The van der Waals surface area contributed by atoms with Crippen molar-refractivity contribution >= 4 is 27.3 Å². The molecule has 6 heteroatoms. The minimum Gasteiger partial charge on any atom is -0.381 e. The average molecular weight is 339 g/mol. The number of hydrogen-bond acceptors (Lipinski definition) is 3. The molecule has 0 saturated heterocycles. The summed E-state index contributed by atoms with van der Waals surface area (Å²) in [5.41, 5.74) is 2.14. The molecule has 4 nitrogen and oxygen atoms in total. The molecule has 20 heavy (non-hydrogen) atoms. The van der Waals surface area contributed by atoms with E-state index in [0.29, 0.717) is 22.3 Å². The third kappa shape index (κ3) is 3.33. The summed E-state index contributed by atoms with van der Waals surface area (Å²) in [7, 11) is 0. The van der Waals surface area contributed by atoms with Crippen LogP contribution in [-0.2, 0) is 6.54 Å². The lowest BCUT2D eigenvalue weighted by molar-refractivity contribution is -0.384. The van der Waals surface area contributed by atoms with Gasteiger partial charge in [-0.05, 0) is 36.2 Å². The van der Waals surface area contributed by atoms with Gasteiger partial charge >= 0.3 is 0 Å². The SMILES string of the molecule is Cc1ccc(NCc2ccc([N+](=O)[O-])cc2Br)cc1F. The summed E-state index contributed by atoms with van der Waals surface area (Å²) in [4.78, 5) is 10.2. The molecule has 0 amide bonds. The Morgan fingerprint density at radius 3 is 2.65 bits per heavy atom. The van der Waals surface area contributed by atoms with Crippen molar-refractivity contribution in [2.24, 2.45) is 0 Å². The fourth-order valence-electron chi connectivity index (χ4n) is 1.69. The Morgan fingerprint density at radius 2 is 2.05 bits per heavy atom. The lowest BCUT2D eigenvalue weighted by Gasteiger charge is -2.09. The summed E-state index contributed by atoms with van der Waals surface area (Å²) < 4.78 is 14.0. The number of nitro benzene ring substituents is 1. The zero-order chi connectivity index (χ0) is 14.7. The van der Waals surface area contributed by atoms with Gasteiger partial charge in [0, 0.05) is 28.8 Å². The largest absolute Gasteiger partial charge is 0.381 e. The number of halogens is 2. The van der Waals surface area contributed by atoms with Gasteiger partial charge in [-0.3, -0.25) is 10.1 Å². The highest BCUT2D eigenvalue weighted by molar-refractivity contribution is 9.10. The van der Waals surface area contributed by atoms with E-state index in [2.05, 4.69) is 21.2 Å². The van der Waals surface area contributed by atoms with Gasteiger partial charge in [0.15, 0.2) is 0 Å². The first-order valence-electron chi connectivity index (χ1n) is 5.90. The second-order valence-electron chi connectivity index (χ2n) is 4.35. The van der Waals surface area contributed by atoms with Crippen LogP contribution < -0.4 is 5.32 Å². The van der Waals surface area contributed by atoms with Crippen molar-refractivity contribution in [3.8, 4) is 0 Å². The van der Waals surface area contributed by atoms with Crippen molar-refractivity contribution in [1.29, 1.82) is 0 Å². The molecule has 2 aromatic carbocycles. The lowest BCUT2D eigenvalue weighted by Crippen LogP contribution is -2.01. The monoisotopic (exact) mass is 338 g/mol. The molecule has 0 radical (unpaired) electrons. The number of aryl methyl sites for hydroxylation is 1. The Hall–Kier alpha value is -1.95. The van der Waals surface area contributed by atoms with Gasteiger partial charge in [-0.25, -0.2) is 4.39 Å². The van der Waals surface area contributed by atoms with Crippen LogP contribution in [0, 0.1) is 22.9 Å². The Morgan fingerprint density at radius 1 is 1.30 bits per heavy atom. The number of nitrogens with one attached hydrogen (secondary N) is 1. The topological polar surface area (TPSA) is 55.2 Å². The second-order valence-corrected chi connectivity index (χ2v) is 5.20. The maximum absolute atomic E-state index is 13.4. The molecule has 2 rings (SSSR count). The molecule has 0 aromatic heterocycles. The lowest BCUT2D eigenvalue weighted by atomic mass is 10.2. The number of nitrogens with zero attached hydrogens (tertiary/aromatic N) is 1. The zero-order valence-corrected chi connectivity index (χ0v) is 12.3. The molecule has 0 unspecified atom stereocenters. The van der Waals surface area contributed by atoms with Crippen LogP contribution >= 0.6 is 15.9 Å². The summed E-state index contributed by atoms with van der Waals surface area (Å²) in [6, 6.07) is 9.47. The van der Waals surface area contributed by atoms with Gasteiger partial charge in [-0.2, -0.15) is 0 Å². The van der Waals surface area contributed by atoms with Crippen molar-refractivity contribution in [2.75, 3.05) is 5.32 Å². The van der Waals surface area contributed by atoms with Crippen molar-refractivity contribution in [2.45, 2.75) is 13.5 Å². The van der Waals surface area contributed by atoms with Crippen molar-refractivity contribution in [1.82, 2.24) is 0 Å². The molecule has 0 bridgehead atoms. The first kappa shape index (κ1) is 14.5. The van der Waals surface area contributed by atoms with E-state index >= 15 is 0 Å². The number of non-ortho nitro benzene ring substituents is 1. The highest BCUT2D eigenvalue weighted by atomic mass is 79.9. The maximum atomic E-state index is 13.4. The maximum Gasteiger partial charge on any atom is 0.270 e. The van der Waals surface area contributed by atoms with Crippen LogP contribution in [0.25, 0.3) is 0 Å². The van der Waals surface area contributed by atoms with Gasteiger partial charge < -0.3 is 5.32 Å². The van der Waals surface area contributed by atoms with Crippen molar-refractivity contribution in [3.05, 3.63) is 67.9 Å². The molecule has 104 valence electrons. The fourth-order valence-corrected chi connectivity index (χ4v) is 2.20. The molecule has 0 fully saturated rings. The van der Waals surface area contributed by atoms with E-state index in [1.54, 1.807) is 25.1 Å². The summed E-state index contributed by atoms with van der Waals surface area (Å²) in [5.74, 6) is -0.266. The minimum absolute atomic E-state index is 0.0296. The van der Waals surface area contributed by atoms with Crippen LogP contribution in [0.5, 0.6) is 0 Å². The first-order valence-corrected chi connectivity index (χ1v) is 6.69. The smallest absolute Gasteiger partial charge is 0.270 e. The Labute approximate surface area is 123 Å². The van der Waals surface area contributed by atoms with Gasteiger partial charge in [0.2, 0.25) is 0 Å². The molecule has 0 spiro atoms. The number of hydrogen-bond donors (Lipinski definition) is 1. The van der Waals surface area contributed by atoms with Gasteiger partial charge in [0.25, 0.3) is 5.69 Å². The van der Waals surface area contributed by atoms with Crippen LogP contribution in [0.2, 0.25) is 0 Å². The molecule has 1 N–H and O–H groups in total. The third-order valence-corrected chi connectivity index (χ3v) is 3.64. The number of rotatable bonds is 4. The molecule has 0 heterocycles. The molecule has 0 aliphatic carbocycles. The summed E-state index contributed by atoms with van der Waals surface area (Å²) in [6.07, 6.45) is 0. The molecule has 0 saturated carbocycles. The number of anilines is 1. The van der Waals surface area contributed by atoms with Gasteiger partial charge in [0.05, 0.1) is 4.92 Å². The third-order valence-electron chi connectivity index (χ3n) is 2.90. The molecule has 2 aromatic rings. The normalized spacial score (nSPS) is 10.3. The summed E-state index contributed by atoms with van der Waals surface area (Å²) in [6.45, 7) is 2.15. The van der Waals surface area contributed by atoms with E-state index in [0.717, 1.165) is 5.56 Å². The minimum atomic E-state index is -0.447. The van der Waals surface area contributed by atoms with E-state index in [1.807, 2.05) is 0 Å². The standard InChI is InChI=1S/C14H12BrFN2O2/c1-9-2-4-11(6-14(9)16)17-8-10-3-5-12(18(19)20)7-13(10)15/h2-7,17H,8H2,1H3. The average Bonchev–Trinajstić information content (AvgIpc) is 2.41. The van der Waals surface area contributed by atoms with E-state index in [4.69, 9.17) is 0 Å². The predicted octanol–water partition coefficient (Wildman–Crippen LogP) is 4.42. The van der Waals surface area contributed by atoms with E-state index < -0.39 is 4.92 Å². The Bertz CT molecular complexity index is 662. The molecule has 0 aliphatic heterocycles. The highest BCUT2D eigenvalue weighted by Gasteiger charge is 2.09. The van der Waals surface area contributed by atoms with Crippen LogP contribution in [0.3, 0.4) is 0 Å². The zero-order valence-electron chi connectivity index (χ0n) is 10.7. The van der Waals surface area contributed by atoms with Gasteiger partial charge in [0.1, 0.15) is 5.82 Å². The van der Waals surface area contributed by atoms with Crippen LogP contribution in [0.1, 0.15) is 11.1 Å². The summed E-state index contributed by atoms with van der Waals surface area (Å²) in [5, 5.41) is 13.7. The second kappa shape index (κ2) is 6.00.